The fraction of sp³-hybridized carbons (Fsp3) is 0.722. The predicted octanol–water partition coefficient (Wildman–Crippen LogP) is 3.44. The lowest BCUT2D eigenvalue weighted by atomic mass is 10.1. The van der Waals surface area contributed by atoms with Crippen molar-refractivity contribution in [3.05, 3.63) is 22.4 Å². The van der Waals surface area contributed by atoms with Crippen LogP contribution in [0.4, 0.5) is 0 Å². The molecule has 2 unspecified atom stereocenters. The van der Waals surface area contributed by atoms with Crippen molar-refractivity contribution in [3.8, 4) is 0 Å². The van der Waals surface area contributed by atoms with Crippen molar-refractivity contribution < 1.29 is 0 Å². The molecule has 0 aromatic carbocycles. The summed E-state index contributed by atoms with van der Waals surface area (Å²) in [6.45, 7) is 7.14. The van der Waals surface area contributed by atoms with E-state index in [2.05, 4.69) is 61.0 Å². The number of nitrogens with one attached hydrogen (secondary N) is 2. The maximum Gasteiger partial charge on any atom is 0.191 e. The molecule has 138 valence electrons. The minimum atomic E-state index is 0. The SMILES string of the molecule is CCNC(=NCC(C)Cc1cccs1)NCC(C1CC1)N(C)C.I. The van der Waals surface area contributed by atoms with Crippen LogP contribution in [0.5, 0.6) is 0 Å². The summed E-state index contributed by atoms with van der Waals surface area (Å²) in [6.07, 6.45) is 3.86. The molecule has 24 heavy (non-hydrogen) atoms. The summed E-state index contributed by atoms with van der Waals surface area (Å²) in [5.74, 6) is 2.38. The number of likely N-dealkylation sites (N-methyl/N-ethyl adjacent to an activating group) is 1. The van der Waals surface area contributed by atoms with E-state index in [9.17, 15) is 0 Å². The highest BCUT2D eigenvalue weighted by Gasteiger charge is 2.32. The standard InChI is InChI=1S/C18H32N4S.HI/c1-5-19-18(21-13-17(22(3)4)15-8-9-15)20-12-14(2)11-16-7-6-10-23-16;/h6-7,10,14-15,17H,5,8-9,11-13H2,1-4H3,(H2,19,20,21);1H. The Morgan fingerprint density at radius 1 is 1.38 bits per heavy atom. The lowest BCUT2D eigenvalue weighted by Crippen LogP contribution is -2.46. The molecule has 1 saturated carbocycles. The summed E-state index contributed by atoms with van der Waals surface area (Å²) >= 11 is 1.84. The van der Waals surface area contributed by atoms with Crippen molar-refractivity contribution >= 4 is 41.3 Å². The van der Waals surface area contributed by atoms with Crippen molar-refractivity contribution in [2.45, 2.75) is 39.2 Å². The van der Waals surface area contributed by atoms with Gasteiger partial charge in [-0.15, -0.1) is 35.3 Å². The molecule has 1 fully saturated rings. The molecule has 0 bridgehead atoms. The van der Waals surface area contributed by atoms with E-state index in [1.165, 1.54) is 17.7 Å². The molecule has 0 amide bonds. The molecule has 1 aromatic rings. The summed E-state index contributed by atoms with van der Waals surface area (Å²) in [6, 6.07) is 4.95. The zero-order valence-corrected chi connectivity index (χ0v) is 18.6. The van der Waals surface area contributed by atoms with Crippen molar-refractivity contribution in [2.75, 3.05) is 33.7 Å². The third-order valence-electron chi connectivity index (χ3n) is 4.34. The largest absolute Gasteiger partial charge is 0.357 e. The first-order chi connectivity index (χ1) is 11.1. The summed E-state index contributed by atoms with van der Waals surface area (Å²) < 4.78 is 0. The molecule has 1 aliphatic carbocycles. The van der Waals surface area contributed by atoms with E-state index in [1.54, 1.807) is 0 Å². The van der Waals surface area contributed by atoms with Crippen molar-refractivity contribution in [3.63, 3.8) is 0 Å². The number of thiophene rings is 1. The van der Waals surface area contributed by atoms with Gasteiger partial charge in [0.25, 0.3) is 0 Å². The number of hydrogen-bond acceptors (Lipinski definition) is 3. The molecule has 2 N–H and O–H groups in total. The van der Waals surface area contributed by atoms with Gasteiger partial charge >= 0.3 is 0 Å². The Hall–Kier alpha value is -0.340. The molecular weight excluding hydrogens is 431 g/mol. The van der Waals surface area contributed by atoms with E-state index in [-0.39, 0.29) is 24.0 Å². The van der Waals surface area contributed by atoms with E-state index in [4.69, 9.17) is 4.99 Å². The quantitative estimate of drug-likeness (QED) is 0.334. The van der Waals surface area contributed by atoms with Crippen LogP contribution in [0.15, 0.2) is 22.5 Å². The van der Waals surface area contributed by atoms with Crippen LogP contribution in [-0.2, 0) is 6.42 Å². The first-order valence-corrected chi connectivity index (χ1v) is 9.69. The minimum absolute atomic E-state index is 0. The summed E-state index contributed by atoms with van der Waals surface area (Å²) in [4.78, 5) is 8.58. The fourth-order valence-corrected chi connectivity index (χ4v) is 3.75. The third kappa shape index (κ3) is 7.70. The number of hydrogen-bond donors (Lipinski definition) is 2. The van der Waals surface area contributed by atoms with E-state index in [0.717, 1.165) is 37.9 Å². The van der Waals surface area contributed by atoms with E-state index in [1.807, 2.05) is 11.3 Å². The average Bonchev–Trinajstić information content (AvgIpc) is 3.21. The highest BCUT2D eigenvalue weighted by molar-refractivity contribution is 14.0. The van der Waals surface area contributed by atoms with Crippen LogP contribution >= 0.6 is 35.3 Å². The van der Waals surface area contributed by atoms with Crippen LogP contribution in [0.3, 0.4) is 0 Å². The Balaban J connectivity index is 0.00000288. The van der Waals surface area contributed by atoms with Gasteiger partial charge < -0.3 is 15.5 Å². The number of aliphatic imine (C=N–C) groups is 1. The molecule has 1 aromatic heterocycles. The van der Waals surface area contributed by atoms with Crippen LogP contribution in [-0.4, -0.2) is 50.6 Å². The van der Waals surface area contributed by atoms with Gasteiger partial charge in [-0.25, -0.2) is 0 Å². The molecule has 1 heterocycles. The minimum Gasteiger partial charge on any atom is -0.357 e. The lowest BCUT2D eigenvalue weighted by Gasteiger charge is -2.25. The lowest BCUT2D eigenvalue weighted by molar-refractivity contribution is 0.264. The zero-order valence-electron chi connectivity index (χ0n) is 15.4. The highest BCUT2D eigenvalue weighted by atomic mass is 127. The molecule has 6 heteroatoms. The van der Waals surface area contributed by atoms with Crippen molar-refractivity contribution in [2.24, 2.45) is 16.8 Å². The average molecular weight is 464 g/mol. The van der Waals surface area contributed by atoms with Crippen molar-refractivity contribution in [1.29, 1.82) is 0 Å². The van der Waals surface area contributed by atoms with Crippen LogP contribution in [0.2, 0.25) is 0 Å². The van der Waals surface area contributed by atoms with Gasteiger partial charge in [0.1, 0.15) is 0 Å². The van der Waals surface area contributed by atoms with Gasteiger partial charge in [-0.2, -0.15) is 0 Å². The molecule has 0 radical (unpaired) electrons. The van der Waals surface area contributed by atoms with Gasteiger partial charge in [0, 0.05) is 30.6 Å². The van der Waals surface area contributed by atoms with Crippen LogP contribution < -0.4 is 10.6 Å². The maximum atomic E-state index is 4.79. The fourth-order valence-electron chi connectivity index (χ4n) is 2.88. The number of rotatable bonds is 9. The molecule has 0 aliphatic heterocycles. The monoisotopic (exact) mass is 464 g/mol. The molecule has 1 aliphatic rings. The second-order valence-electron chi connectivity index (χ2n) is 6.86. The topological polar surface area (TPSA) is 39.7 Å². The molecule has 2 rings (SSSR count). The predicted molar refractivity (Wildman–Crippen MR) is 117 cm³/mol. The third-order valence-corrected chi connectivity index (χ3v) is 5.24. The number of halogens is 1. The second-order valence-corrected chi connectivity index (χ2v) is 7.89. The van der Waals surface area contributed by atoms with Gasteiger partial charge in [0.15, 0.2) is 5.96 Å². The molecular formula is C18H33IN4S. The normalized spacial score (nSPS) is 17.3. The Bertz CT molecular complexity index is 469. The van der Waals surface area contributed by atoms with Gasteiger partial charge in [-0.1, -0.05) is 13.0 Å². The summed E-state index contributed by atoms with van der Waals surface area (Å²) in [7, 11) is 4.36. The first-order valence-electron chi connectivity index (χ1n) is 8.81. The van der Waals surface area contributed by atoms with E-state index < -0.39 is 0 Å². The Kier molecular flexibility index (Phi) is 10.2. The van der Waals surface area contributed by atoms with E-state index >= 15 is 0 Å². The smallest absolute Gasteiger partial charge is 0.191 e. The summed E-state index contributed by atoms with van der Waals surface area (Å²) in [5, 5.41) is 9.06. The maximum absolute atomic E-state index is 4.79. The van der Waals surface area contributed by atoms with Crippen LogP contribution in [0, 0.1) is 11.8 Å². The number of guanidine groups is 1. The van der Waals surface area contributed by atoms with Crippen LogP contribution in [0.1, 0.15) is 31.6 Å². The zero-order chi connectivity index (χ0) is 16.7. The second kappa shape index (κ2) is 11.3. The van der Waals surface area contributed by atoms with Crippen LogP contribution in [0.25, 0.3) is 0 Å². The molecule has 2 atom stereocenters. The van der Waals surface area contributed by atoms with Gasteiger partial charge in [0.2, 0.25) is 0 Å². The first kappa shape index (κ1) is 21.7. The van der Waals surface area contributed by atoms with Crippen molar-refractivity contribution in [1.82, 2.24) is 15.5 Å². The summed E-state index contributed by atoms with van der Waals surface area (Å²) in [5.41, 5.74) is 0. The molecule has 0 spiro atoms. The molecule has 4 nitrogen and oxygen atoms in total. The Morgan fingerprint density at radius 2 is 2.12 bits per heavy atom. The van der Waals surface area contributed by atoms with Gasteiger partial charge in [-0.3, -0.25) is 4.99 Å². The Morgan fingerprint density at radius 3 is 2.67 bits per heavy atom. The van der Waals surface area contributed by atoms with Gasteiger partial charge in [-0.05, 0) is 63.6 Å². The highest BCUT2D eigenvalue weighted by Crippen LogP contribution is 2.34. The number of nitrogens with zero attached hydrogens (tertiary/aromatic N) is 2. The molecule has 0 saturated heterocycles. The van der Waals surface area contributed by atoms with E-state index in [0.29, 0.717) is 12.0 Å². The van der Waals surface area contributed by atoms with Gasteiger partial charge in [0.05, 0.1) is 0 Å². The Labute approximate surface area is 168 Å².